The van der Waals surface area contributed by atoms with Gasteiger partial charge < -0.3 is 16.2 Å². The highest BCUT2D eigenvalue weighted by atomic mass is 19.1. The van der Waals surface area contributed by atoms with E-state index >= 15 is 0 Å². The van der Waals surface area contributed by atoms with Gasteiger partial charge in [-0.25, -0.2) is 14.2 Å². The number of ether oxygens (including phenoxy) is 1. The number of nitrogens with two attached hydrogens (primary N) is 2. The summed E-state index contributed by atoms with van der Waals surface area (Å²) in [5, 5.41) is 0.302. The number of halogens is 1. The first-order chi connectivity index (χ1) is 12.9. The third-order valence-electron chi connectivity index (χ3n) is 3.82. The van der Waals surface area contributed by atoms with Crippen LogP contribution in [0.4, 0.5) is 10.1 Å². The molecule has 0 atom stereocenters. The minimum Gasteiger partial charge on any atom is -0.454 e. The Kier molecular flexibility index (Phi) is 4.84. The van der Waals surface area contributed by atoms with Crippen LogP contribution in [0.3, 0.4) is 0 Å². The molecular weight excluding hydrogens is 355 g/mol. The van der Waals surface area contributed by atoms with Crippen molar-refractivity contribution in [2.24, 2.45) is 5.73 Å². The fraction of sp³-hybridized carbons (Fsp3) is 0.111. The topological polar surface area (TPSA) is 130 Å². The second-order valence-electron chi connectivity index (χ2n) is 5.71. The van der Waals surface area contributed by atoms with Crippen LogP contribution in [0.1, 0.15) is 16.2 Å². The predicted molar refractivity (Wildman–Crippen MR) is 95.1 cm³/mol. The van der Waals surface area contributed by atoms with Crippen molar-refractivity contribution in [2.45, 2.75) is 13.2 Å². The lowest BCUT2D eigenvalue weighted by atomic mass is 10.2. The van der Waals surface area contributed by atoms with E-state index in [0.29, 0.717) is 10.9 Å². The molecule has 9 heteroatoms. The molecule has 8 nitrogen and oxygen atoms in total. The van der Waals surface area contributed by atoms with Gasteiger partial charge in [0.1, 0.15) is 19.0 Å². The van der Waals surface area contributed by atoms with Gasteiger partial charge in [-0.2, -0.15) is 0 Å². The summed E-state index contributed by atoms with van der Waals surface area (Å²) in [6, 6.07) is 9.81. The van der Waals surface area contributed by atoms with E-state index in [9.17, 15) is 18.8 Å². The molecule has 0 spiro atoms. The molecule has 0 aliphatic carbocycles. The molecule has 27 heavy (non-hydrogen) atoms. The first-order valence-electron chi connectivity index (χ1n) is 7.85. The maximum Gasteiger partial charge on any atom is 0.340 e. The van der Waals surface area contributed by atoms with Crippen LogP contribution in [-0.4, -0.2) is 21.4 Å². The normalized spacial score (nSPS) is 10.7. The number of rotatable bonds is 5. The van der Waals surface area contributed by atoms with Gasteiger partial charge in [0, 0.05) is 5.69 Å². The van der Waals surface area contributed by atoms with Gasteiger partial charge in [0.25, 0.3) is 5.56 Å². The molecule has 1 aromatic heterocycles. The number of amides is 1. The number of hydrogen-bond donors (Lipinski definition) is 2. The largest absolute Gasteiger partial charge is 0.454 e. The van der Waals surface area contributed by atoms with Crippen molar-refractivity contribution in [3.8, 4) is 0 Å². The van der Waals surface area contributed by atoms with Crippen molar-refractivity contribution in [3.63, 3.8) is 0 Å². The Morgan fingerprint density at radius 2 is 1.93 bits per heavy atom. The molecule has 4 N–H and O–H groups in total. The highest BCUT2D eigenvalue weighted by molar-refractivity contribution is 5.95. The van der Waals surface area contributed by atoms with Crippen molar-refractivity contribution in [2.75, 3.05) is 5.73 Å². The molecule has 0 unspecified atom stereocenters. The standard InChI is InChI=1S/C18H15FN4O4/c19-10-5-6-11(13(20)7-10)18(26)27-9-16-22-14-4-2-1-3-12(14)17(25)23(16)8-15(21)24/h1-7H,8-9,20H2,(H2,21,24). The highest BCUT2D eigenvalue weighted by Crippen LogP contribution is 2.16. The SMILES string of the molecule is NC(=O)Cn1c(COC(=O)c2ccc(F)cc2N)nc2ccccc2c1=O. The van der Waals surface area contributed by atoms with Crippen LogP contribution >= 0.6 is 0 Å². The Morgan fingerprint density at radius 1 is 1.19 bits per heavy atom. The second-order valence-corrected chi connectivity index (χ2v) is 5.71. The zero-order chi connectivity index (χ0) is 19.6. The number of esters is 1. The van der Waals surface area contributed by atoms with Crippen molar-refractivity contribution >= 4 is 28.5 Å². The first kappa shape index (κ1) is 18.1. The van der Waals surface area contributed by atoms with Crippen molar-refractivity contribution in [1.29, 1.82) is 0 Å². The number of nitrogens with zero attached hydrogens (tertiary/aromatic N) is 2. The van der Waals surface area contributed by atoms with Crippen LogP contribution in [0.15, 0.2) is 47.3 Å². The lowest BCUT2D eigenvalue weighted by Crippen LogP contribution is -2.32. The highest BCUT2D eigenvalue weighted by Gasteiger charge is 2.16. The van der Waals surface area contributed by atoms with Gasteiger partial charge in [0.15, 0.2) is 5.82 Å². The summed E-state index contributed by atoms with van der Waals surface area (Å²) in [7, 11) is 0. The molecule has 1 heterocycles. The molecule has 0 aliphatic heterocycles. The summed E-state index contributed by atoms with van der Waals surface area (Å²) in [6.45, 7) is -0.814. The molecule has 138 valence electrons. The van der Waals surface area contributed by atoms with Crippen molar-refractivity contribution in [1.82, 2.24) is 9.55 Å². The lowest BCUT2D eigenvalue weighted by Gasteiger charge is -2.13. The maximum atomic E-state index is 13.1. The third kappa shape index (κ3) is 3.76. The third-order valence-corrected chi connectivity index (χ3v) is 3.82. The van der Waals surface area contributed by atoms with E-state index in [4.69, 9.17) is 16.2 Å². The van der Waals surface area contributed by atoms with E-state index in [-0.39, 0.29) is 17.1 Å². The number of carbonyl (C=O) groups excluding carboxylic acids is 2. The molecule has 0 saturated heterocycles. The molecule has 0 radical (unpaired) electrons. The van der Waals surface area contributed by atoms with Gasteiger partial charge in [-0.3, -0.25) is 14.2 Å². The summed E-state index contributed by atoms with van der Waals surface area (Å²) < 4.78 is 19.3. The number of benzene rings is 2. The van der Waals surface area contributed by atoms with Gasteiger partial charge >= 0.3 is 5.97 Å². The van der Waals surface area contributed by atoms with Gasteiger partial charge in [-0.15, -0.1) is 0 Å². The molecular formula is C18H15FN4O4. The van der Waals surface area contributed by atoms with Gasteiger partial charge in [-0.05, 0) is 30.3 Å². The lowest BCUT2D eigenvalue weighted by molar-refractivity contribution is -0.118. The Bertz CT molecular complexity index is 1110. The number of aromatic nitrogens is 2. The monoisotopic (exact) mass is 370 g/mol. The number of fused-ring (bicyclic) bond motifs is 1. The Balaban J connectivity index is 1.94. The van der Waals surface area contributed by atoms with E-state index in [1.807, 2.05) is 0 Å². The van der Waals surface area contributed by atoms with Crippen LogP contribution in [0.5, 0.6) is 0 Å². The molecule has 0 fully saturated rings. The molecule has 0 aliphatic rings. The molecule has 0 saturated carbocycles. The Hall–Kier alpha value is -3.75. The zero-order valence-corrected chi connectivity index (χ0v) is 14.0. The fourth-order valence-corrected chi connectivity index (χ4v) is 2.57. The predicted octanol–water partition coefficient (Wildman–Crippen LogP) is 0.960. The van der Waals surface area contributed by atoms with E-state index in [2.05, 4.69) is 4.98 Å². The average molecular weight is 370 g/mol. The van der Waals surface area contributed by atoms with Crippen molar-refractivity contribution < 1.29 is 18.7 Å². The van der Waals surface area contributed by atoms with Crippen LogP contribution in [0.25, 0.3) is 10.9 Å². The molecule has 0 bridgehead atoms. The van der Waals surface area contributed by atoms with Gasteiger partial charge in [0.05, 0.1) is 16.5 Å². The first-order valence-corrected chi connectivity index (χ1v) is 7.85. The second kappa shape index (κ2) is 7.24. The molecule has 1 amide bonds. The van der Waals surface area contributed by atoms with Crippen LogP contribution in [-0.2, 0) is 22.7 Å². The Morgan fingerprint density at radius 3 is 2.63 bits per heavy atom. The average Bonchev–Trinajstić information content (AvgIpc) is 2.62. The number of carbonyl (C=O) groups is 2. The summed E-state index contributed by atoms with van der Waals surface area (Å²) in [4.78, 5) is 40.4. The van der Waals surface area contributed by atoms with Crippen LogP contribution < -0.4 is 17.0 Å². The molecule has 3 rings (SSSR count). The van der Waals surface area contributed by atoms with E-state index in [1.54, 1.807) is 24.3 Å². The molecule has 3 aromatic rings. The van der Waals surface area contributed by atoms with Gasteiger partial charge in [0.2, 0.25) is 5.91 Å². The van der Waals surface area contributed by atoms with Crippen molar-refractivity contribution in [3.05, 3.63) is 70.0 Å². The minimum atomic E-state index is -0.819. The van der Waals surface area contributed by atoms with E-state index in [0.717, 1.165) is 16.7 Å². The maximum absolute atomic E-state index is 13.1. The number of anilines is 1. The number of nitrogen functional groups attached to an aromatic ring is 1. The summed E-state index contributed by atoms with van der Waals surface area (Å²) in [5.41, 5.74) is 10.6. The summed E-state index contributed by atoms with van der Waals surface area (Å²) in [6.07, 6.45) is 0. The summed E-state index contributed by atoms with van der Waals surface area (Å²) in [5.74, 6) is -2.10. The molecule has 2 aromatic carbocycles. The number of primary amides is 1. The number of hydrogen-bond acceptors (Lipinski definition) is 6. The number of para-hydroxylation sites is 1. The minimum absolute atomic E-state index is 0.0269. The van der Waals surface area contributed by atoms with E-state index in [1.165, 1.54) is 6.07 Å². The fourth-order valence-electron chi connectivity index (χ4n) is 2.57. The summed E-state index contributed by atoms with van der Waals surface area (Å²) >= 11 is 0. The Labute approximate surface area is 152 Å². The van der Waals surface area contributed by atoms with Crippen LogP contribution in [0, 0.1) is 5.82 Å². The zero-order valence-electron chi connectivity index (χ0n) is 14.0. The smallest absolute Gasteiger partial charge is 0.340 e. The van der Waals surface area contributed by atoms with E-state index < -0.39 is 36.4 Å². The quantitative estimate of drug-likeness (QED) is 0.508. The van der Waals surface area contributed by atoms with Crippen LogP contribution in [0.2, 0.25) is 0 Å². The van der Waals surface area contributed by atoms with Gasteiger partial charge in [-0.1, -0.05) is 12.1 Å².